The zero-order valence-corrected chi connectivity index (χ0v) is 10.1. The number of ether oxygens (including phenoxy) is 1. The van der Waals surface area contributed by atoms with Gasteiger partial charge in [0.1, 0.15) is 6.29 Å². The maximum atomic E-state index is 10.9. The van der Waals surface area contributed by atoms with E-state index in [4.69, 9.17) is 4.74 Å². The lowest BCUT2D eigenvalue weighted by atomic mass is 10.0. The first-order valence-corrected chi connectivity index (χ1v) is 5.63. The fraction of sp³-hybridized carbons (Fsp3) is 0.133. The molecule has 2 aromatic carbocycles. The fourth-order valence-corrected chi connectivity index (χ4v) is 1.86. The molecule has 0 aromatic heterocycles. The van der Waals surface area contributed by atoms with Gasteiger partial charge in [-0.3, -0.25) is 4.79 Å². The standard InChI is InChI=1S/C15H14O3/c1-18-14-9-12(10-16)8-13(15(14)17)7-11-5-3-2-4-6-11/h2-6,8-10,17H,7H2,1H3. The Morgan fingerprint density at radius 3 is 2.56 bits per heavy atom. The summed E-state index contributed by atoms with van der Waals surface area (Å²) < 4.78 is 5.06. The third-order valence-corrected chi connectivity index (χ3v) is 2.77. The highest BCUT2D eigenvalue weighted by atomic mass is 16.5. The van der Waals surface area contributed by atoms with E-state index in [0.29, 0.717) is 23.3 Å². The summed E-state index contributed by atoms with van der Waals surface area (Å²) in [6.45, 7) is 0. The number of aldehydes is 1. The zero-order valence-electron chi connectivity index (χ0n) is 10.1. The number of carbonyl (C=O) groups is 1. The average molecular weight is 242 g/mol. The van der Waals surface area contributed by atoms with E-state index in [-0.39, 0.29) is 5.75 Å². The molecule has 0 radical (unpaired) electrons. The van der Waals surface area contributed by atoms with Crippen molar-refractivity contribution in [1.82, 2.24) is 0 Å². The summed E-state index contributed by atoms with van der Waals surface area (Å²) >= 11 is 0. The Hall–Kier alpha value is -2.29. The van der Waals surface area contributed by atoms with Crippen LogP contribution in [-0.2, 0) is 6.42 Å². The minimum absolute atomic E-state index is 0.0898. The quantitative estimate of drug-likeness (QED) is 0.838. The van der Waals surface area contributed by atoms with Crippen molar-refractivity contribution in [3.05, 3.63) is 59.2 Å². The van der Waals surface area contributed by atoms with Crippen molar-refractivity contribution in [3.8, 4) is 11.5 Å². The van der Waals surface area contributed by atoms with Gasteiger partial charge in [-0.2, -0.15) is 0 Å². The second-order valence-electron chi connectivity index (χ2n) is 4.01. The van der Waals surface area contributed by atoms with Crippen LogP contribution >= 0.6 is 0 Å². The lowest BCUT2D eigenvalue weighted by molar-refractivity contribution is 0.112. The SMILES string of the molecule is COc1cc(C=O)cc(Cc2ccccc2)c1O. The molecule has 2 aromatic rings. The third-order valence-electron chi connectivity index (χ3n) is 2.77. The monoisotopic (exact) mass is 242 g/mol. The summed E-state index contributed by atoms with van der Waals surface area (Å²) in [5.74, 6) is 0.414. The molecule has 0 spiro atoms. The van der Waals surface area contributed by atoms with Gasteiger partial charge in [-0.05, 0) is 17.7 Å². The molecule has 0 aliphatic rings. The Morgan fingerprint density at radius 2 is 1.94 bits per heavy atom. The van der Waals surface area contributed by atoms with Gasteiger partial charge in [0.2, 0.25) is 0 Å². The molecule has 1 N–H and O–H groups in total. The Kier molecular flexibility index (Phi) is 3.63. The first kappa shape index (κ1) is 12.2. The Bertz CT molecular complexity index is 547. The first-order valence-electron chi connectivity index (χ1n) is 5.63. The molecule has 0 atom stereocenters. The molecule has 18 heavy (non-hydrogen) atoms. The van der Waals surface area contributed by atoms with E-state index in [1.54, 1.807) is 6.07 Å². The Labute approximate surface area is 106 Å². The minimum atomic E-state index is 0.0898. The van der Waals surface area contributed by atoms with Crippen LogP contribution in [0.1, 0.15) is 21.5 Å². The average Bonchev–Trinajstić information content (AvgIpc) is 2.42. The van der Waals surface area contributed by atoms with E-state index in [2.05, 4.69) is 0 Å². The highest BCUT2D eigenvalue weighted by Gasteiger charge is 2.10. The van der Waals surface area contributed by atoms with Crippen LogP contribution in [0.4, 0.5) is 0 Å². The molecule has 0 bridgehead atoms. The van der Waals surface area contributed by atoms with Crippen molar-refractivity contribution in [1.29, 1.82) is 0 Å². The van der Waals surface area contributed by atoms with Gasteiger partial charge in [-0.15, -0.1) is 0 Å². The van der Waals surface area contributed by atoms with Crippen molar-refractivity contribution in [2.24, 2.45) is 0 Å². The number of phenolic OH excluding ortho intramolecular Hbond substituents is 1. The number of rotatable bonds is 4. The number of benzene rings is 2. The minimum Gasteiger partial charge on any atom is -0.504 e. The van der Waals surface area contributed by atoms with Crippen LogP contribution < -0.4 is 4.74 Å². The maximum Gasteiger partial charge on any atom is 0.161 e. The van der Waals surface area contributed by atoms with Crippen LogP contribution in [-0.4, -0.2) is 18.5 Å². The molecule has 3 heteroatoms. The van der Waals surface area contributed by atoms with Gasteiger partial charge in [-0.25, -0.2) is 0 Å². The highest BCUT2D eigenvalue weighted by molar-refractivity contribution is 5.77. The van der Waals surface area contributed by atoms with Gasteiger partial charge in [0, 0.05) is 17.5 Å². The second-order valence-corrected chi connectivity index (χ2v) is 4.01. The Morgan fingerprint density at radius 1 is 1.22 bits per heavy atom. The van der Waals surface area contributed by atoms with E-state index in [9.17, 15) is 9.90 Å². The molecule has 0 amide bonds. The molecule has 0 heterocycles. The van der Waals surface area contributed by atoms with Crippen LogP contribution in [0, 0.1) is 0 Å². The van der Waals surface area contributed by atoms with Gasteiger partial charge >= 0.3 is 0 Å². The van der Waals surface area contributed by atoms with Crippen LogP contribution in [0.2, 0.25) is 0 Å². The van der Waals surface area contributed by atoms with E-state index < -0.39 is 0 Å². The largest absolute Gasteiger partial charge is 0.504 e. The summed E-state index contributed by atoms with van der Waals surface area (Å²) in [5, 5.41) is 10.0. The van der Waals surface area contributed by atoms with Gasteiger partial charge in [0.05, 0.1) is 7.11 Å². The summed E-state index contributed by atoms with van der Waals surface area (Å²) in [5.41, 5.74) is 2.25. The number of methoxy groups -OCH3 is 1. The van der Waals surface area contributed by atoms with E-state index in [1.807, 2.05) is 30.3 Å². The molecule has 0 saturated carbocycles. The number of hydrogen-bond acceptors (Lipinski definition) is 3. The molecular weight excluding hydrogens is 228 g/mol. The van der Waals surface area contributed by atoms with Gasteiger partial charge in [0.15, 0.2) is 11.5 Å². The summed E-state index contributed by atoms with van der Waals surface area (Å²) in [6, 6.07) is 13.0. The van der Waals surface area contributed by atoms with Crippen LogP contribution in [0.15, 0.2) is 42.5 Å². The van der Waals surface area contributed by atoms with Gasteiger partial charge < -0.3 is 9.84 Å². The maximum absolute atomic E-state index is 10.9. The molecule has 0 aliphatic carbocycles. The lowest BCUT2D eigenvalue weighted by Gasteiger charge is -2.10. The predicted molar refractivity (Wildman–Crippen MR) is 69.3 cm³/mol. The molecule has 0 saturated heterocycles. The molecule has 92 valence electrons. The van der Waals surface area contributed by atoms with Crippen molar-refractivity contribution < 1.29 is 14.6 Å². The zero-order chi connectivity index (χ0) is 13.0. The van der Waals surface area contributed by atoms with Crippen LogP contribution in [0.25, 0.3) is 0 Å². The van der Waals surface area contributed by atoms with Crippen molar-refractivity contribution >= 4 is 6.29 Å². The molecule has 3 nitrogen and oxygen atoms in total. The smallest absolute Gasteiger partial charge is 0.161 e. The number of hydrogen-bond donors (Lipinski definition) is 1. The van der Waals surface area contributed by atoms with Crippen LogP contribution in [0.5, 0.6) is 11.5 Å². The fourth-order valence-electron chi connectivity index (χ4n) is 1.86. The van der Waals surface area contributed by atoms with Crippen molar-refractivity contribution in [2.45, 2.75) is 6.42 Å². The van der Waals surface area contributed by atoms with Crippen LogP contribution in [0.3, 0.4) is 0 Å². The molecular formula is C15H14O3. The molecule has 2 rings (SSSR count). The third kappa shape index (κ3) is 2.51. The number of aromatic hydroxyl groups is 1. The van der Waals surface area contributed by atoms with Gasteiger partial charge in [-0.1, -0.05) is 30.3 Å². The molecule has 0 unspecified atom stereocenters. The van der Waals surface area contributed by atoms with Crippen molar-refractivity contribution in [2.75, 3.05) is 7.11 Å². The summed E-state index contributed by atoms with van der Waals surface area (Å²) in [6.07, 6.45) is 1.31. The summed E-state index contributed by atoms with van der Waals surface area (Å²) in [4.78, 5) is 10.9. The highest BCUT2D eigenvalue weighted by Crippen LogP contribution is 2.32. The summed E-state index contributed by atoms with van der Waals surface area (Å²) in [7, 11) is 1.47. The molecule has 0 fully saturated rings. The topological polar surface area (TPSA) is 46.5 Å². The first-order chi connectivity index (χ1) is 8.74. The van der Waals surface area contributed by atoms with E-state index >= 15 is 0 Å². The van der Waals surface area contributed by atoms with Gasteiger partial charge in [0.25, 0.3) is 0 Å². The number of carbonyl (C=O) groups excluding carboxylic acids is 1. The van der Waals surface area contributed by atoms with E-state index in [0.717, 1.165) is 11.8 Å². The van der Waals surface area contributed by atoms with Crippen molar-refractivity contribution in [3.63, 3.8) is 0 Å². The predicted octanol–water partition coefficient (Wildman–Crippen LogP) is 2.80. The molecule has 0 aliphatic heterocycles. The van der Waals surface area contributed by atoms with E-state index in [1.165, 1.54) is 13.2 Å². The normalized spacial score (nSPS) is 10.1. The number of phenols is 1. The Balaban J connectivity index is 2.40. The second kappa shape index (κ2) is 5.36. The lowest BCUT2D eigenvalue weighted by Crippen LogP contribution is -1.94.